The number of anilines is 1. The smallest absolute Gasteiger partial charge is 0.257 e. The minimum atomic E-state index is -0.364. The van der Waals surface area contributed by atoms with Gasteiger partial charge in [0.2, 0.25) is 11.8 Å². The molecule has 0 fully saturated rings. The molecule has 1 unspecified atom stereocenters. The Bertz CT molecular complexity index is 1010. The van der Waals surface area contributed by atoms with Crippen molar-refractivity contribution in [3.8, 4) is 0 Å². The van der Waals surface area contributed by atoms with E-state index in [4.69, 9.17) is 0 Å². The molecule has 158 valence electrons. The molecule has 30 heavy (non-hydrogen) atoms. The number of hydrogen-bond acceptors (Lipinski definition) is 5. The van der Waals surface area contributed by atoms with E-state index in [-0.39, 0.29) is 30.3 Å². The van der Waals surface area contributed by atoms with Crippen LogP contribution in [0.25, 0.3) is 0 Å². The molecule has 8 heteroatoms. The van der Waals surface area contributed by atoms with Gasteiger partial charge in [0, 0.05) is 18.5 Å². The van der Waals surface area contributed by atoms with Gasteiger partial charge in [-0.15, -0.1) is 11.3 Å². The fourth-order valence-corrected chi connectivity index (χ4v) is 5.40. The zero-order valence-corrected chi connectivity index (χ0v) is 18.5. The third-order valence-corrected chi connectivity index (χ3v) is 6.84. The van der Waals surface area contributed by atoms with Gasteiger partial charge in [-0.1, -0.05) is 29.8 Å². The molecule has 0 saturated heterocycles. The third kappa shape index (κ3) is 3.61. The van der Waals surface area contributed by atoms with E-state index in [0.717, 1.165) is 21.6 Å². The summed E-state index contributed by atoms with van der Waals surface area (Å²) < 4.78 is 0. The monoisotopic (exact) mass is 426 g/mol. The summed E-state index contributed by atoms with van der Waals surface area (Å²) in [5, 5.41) is 3.47. The first kappa shape index (κ1) is 20.6. The highest BCUT2D eigenvalue weighted by atomic mass is 32.1. The van der Waals surface area contributed by atoms with Crippen molar-refractivity contribution in [3.63, 3.8) is 0 Å². The van der Waals surface area contributed by atoms with Crippen LogP contribution in [0.4, 0.5) is 5.00 Å². The van der Waals surface area contributed by atoms with Crippen LogP contribution < -0.4 is 5.32 Å². The lowest BCUT2D eigenvalue weighted by atomic mass is 9.99. The van der Waals surface area contributed by atoms with E-state index >= 15 is 0 Å². The van der Waals surface area contributed by atoms with Crippen molar-refractivity contribution in [3.05, 3.63) is 51.4 Å². The quantitative estimate of drug-likeness (QED) is 0.817. The molecule has 3 heterocycles. The number of carbonyl (C=O) groups excluding carboxylic acids is 3. The van der Waals surface area contributed by atoms with Crippen LogP contribution in [-0.4, -0.2) is 66.7 Å². The molecule has 1 N–H and O–H groups in total. The molecule has 3 amide bonds. The first-order valence-corrected chi connectivity index (χ1v) is 10.8. The van der Waals surface area contributed by atoms with E-state index in [1.807, 2.05) is 55.1 Å². The van der Waals surface area contributed by atoms with Crippen LogP contribution in [0, 0.1) is 6.92 Å². The van der Waals surface area contributed by atoms with Crippen molar-refractivity contribution in [1.82, 2.24) is 14.7 Å². The summed E-state index contributed by atoms with van der Waals surface area (Å²) in [5.74, 6) is -0.278. The number of hydrogen-bond donors (Lipinski definition) is 1. The Kier molecular flexibility index (Phi) is 5.38. The normalized spacial score (nSPS) is 17.4. The van der Waals surface area contributed by atoms with Gasteiger partial charge in [0.15, 0.2) is 0 Å². The van der Waals surface area contributed by atoms with E-state index < -0.39 is 0 Å². The minimum absolute atomic E-state index is 0.0468. The molecule has 2 aliphatic rings. The predicted molar refractivity (Wildman–Crippen MR) is 117 cm³/mol. The highest BCUT2D eigenvalue weighted by Gasteiger charge is 2.36. The summed E-state index contributed by atoms with van der Waals surface area (Å²) in [5.41, 5.74) is 3.68. The molecule has 0 spiro atoms. The van der Waals surface area contributed by atoms with Crippen molar-refractivity contribution >= 4 is 34.1 Å². The number of rotatable bonds is 3. The second-order valence-corrected chi connectivity index (χ2v) is 9.31. The Hall–Kier alpha value is -2.71. The zero-order valence-electron chi connectivity index (χ0n) is 17.7. The Labute approximate surface area is 180 Å². The lowest BCUT2D eigenvalue weighted by Crippen LogP contribution is -2.43. The maximum Gasteiger partial charge on any atom is 0.257 e. The molecule has 0 saturated carbocycles. The van der Waals surface area contributed by atoms with Crippen LogP contribution in [0.5, 0.6) is 0 Å². The molecular formula is C22H26N4O3S. The molecule has 0 aliphatic carbocycles. The van der Waals surface area contributed by atoms with Crippen molar-refractivity contribution in [2.45, 2.75) is 25.9 Å². The Morgan fingerprint density at radius 2 is 1.87 bits per heavy atom. The van der Waals surface area contributed by atoms with E-state index in [9.17, 15) is 14.4 Å². The Morgan fingerprint density at radius 1 is 1.17 bits per heavy atom. The molecule has 1 aromatic carbocycles. The standard InChI is InChI=1S/C22H26N4O3S/c1-13-5-7-14(8-6-13)19(24(2)3)22(29)26-10-9-15-16(11-26)30-20-18(15)21(28)25(4)12-17(27)23-20/h5-8,19H,9-12H2,1-4H3,(H,23,27). The van der Waals surface area contributed by atoms with Crippen LogP contribution >= 0.6 is 11.3 Å². The molecule has 2 aromatic rings. The van der Waals surface area contributed by atoms with Crippen molar-refractivity contribution in [2.75, 3.05) is 39.5 Å². The van der Waals surface area contributed by atoms with Gasteiger partial charge in [-0.2, -0.15) is 0 Å². The topological polar surface area (TPSA) is 73.0 Å². The Balaban J connectivity index is 1.62. The molecule has 1 atom stereocenters. The number of thiophene rings is 1. The van der Waals surface area contributed by atoms with Gasteiger partial charge in [0.05, 0.1) is 18.7 Å². The molecule has 0 bridgehead atoms. The second kappa shape index (κ2) is 7.85. The van der Waals surface area contributed by atoms with E-state index in [1.165, 1.54) is 16.2 Å². The molecule has 1 aromatic heterocycles. The van der Waals surface area contributed by atoms with E-state index in [0.29, 0.717) is 30.1 Å². The van der Waals surface area contributed by atoms with E-state index in [2.05, 4.69) is 5.32 Å². The summed E-state index contributed by atoms with van der Waals surface area (Å²) in [6, 6.07) is 7.69. The summed E-state index contributed by atoms with van der Waals surface area (Å²) in [4.78, 5) is 44.5. The SMILES string of the molecule is Cc1ccc(C(C(=O)N2CCc3c(sc4c3C(=O)N(C)CC(=O)N4)C2)N(C)C)cc1. The van der Waals surface area contributed by atoms with Crippen molar-refractivity contribution in [1.29, 1.82) is 0 Å². The maximum atomic E-state index is 13.4. The van der Waals surface area contributed by atoms with Gasteiger partial charge in [0.25, 0.3) is 5.91 Å². The van der Waals surface area contributed by atoms with Crippen LogP contribution in [0.3, 0.4) is 0 Å². The first-order chi connectivity index (χ1) is 14.3. The van der Waals surface area contributed by atoms with Gasteiger partial charge in [-0.05, 0) is 38.6 Å². The minimum Gasteiger partial charge on any atom is -0.336 e. The molecule has 7 nitrogen and oxygen atoms in total. The van der Waals surface area contributed by atoms with Gasteiger partial charge in [-0.3, -0.25) is 19.3 Å². The van der Waals surface area contributed by atoms with Crippen LogP contribution in [0.2, 0.25) is 0 Å². The van der Waals surface area contributed by atoms with Crippen LogP contribution in [-0.2, 0) is 22.6 Å². The second-order valence-electron chi connectivity index (χ2n) is 8.20. The van der Waals surface area contributed by atoms with E-state index in [1.54, 1.807) is 7.05 Å². The molecular weight excluding hydrogens is 400 g/mol. The number of likely N-dealkylation sites (N-methyl/N-ethyl adjacent to an activating group) is 2. The summed E-state index contributed by atoms with van der Waals surface area (Å²) in [6.45, 7) is 3.09. The number of carbonyl (C=O) groups is 3. The maximum absolute atomic E-state index is 13.4. The summed E-state index contributed by atoms with van der Waals surface area (Å²) in [6.07, 6.45) is 0.608. The number of aryl methyl sites for hydroxylation is 1. The van der Waals surface area contributed by atoms with Gasteiger partial charge >= 0.3 is 0 Å². The highest BCUT2D eigenvalue weighted by molar-refractivity contribution is 7.17. The largest absolute Gasteiger partial charge is 0.336 e. The van der Waals surface area contributed by atoms with Gasteiger partial charge in [-0.25, -0.2) is 0 Å². The summed E-state index contributed by atoms with van der Waals surface area (Å²) in [7, 11) is 5.47. The lowest BCUT2D eigenvalue weighted by Gasteiger charge is -2.33. The Morgan fingerprint density at radius 3 is 2.53 bits per heavy atom. The lowest BCUT2D eigenvalue weighted by molar-refractivity contribution is -0.137. The van der Waals surface area contributed by atoms with Crippen molar-refractivity contribution in [2.24, 2.45) is 0 Å². The average Bonchev–Trinajstić information content (AvgIpc) is 3.00. The fourth-order valence-electron chi connectivity index (χ4n) is 4.13. The number of benzene rings is 1. The van der Waals surface area contributed by atoms with Crippen LogP contribution in [0.15, 0.2) is 24.3 Å². The number of fused-ring (bicyclic) bond motifs is 3. The predicted octanol–water partition coefficient (Wildman–Crippen LogP) is 2.27. The molecule has 0 radical (unpaired) electrons. The van der Waals surface area contributed by atoms with Crippen molar-refractivity contribution < 1.29 is 14.4 Å². The average molecular weight is 427 g/mol. The fraction of sp³-hybridized carbons (Fsp3) is 0.409. The van der Waals surface area contributed by atoms with Gasteiger partial charge in [0.1, 0.15) is 11.0 Å². The summed E-state index contributed by atoms with van der Waals surface area (Å²) >= 11 is 1.41. The first-order valence-electron chi connectivity index (χ1n) is 9.98. The molecule has 4 rings (SSSR count). The zero-order chi connectivity index (χ0) is 21.6. The number of amides is 3. The van der Waals surface area contributed by atoms with Crippen LogP contribution in [0.1, 0.15) is 38.0 Å². The number of nitrogens with zero attached hydrogens (tertiary/aromatic N) is 3. The number of nitrogens with one attached hydrogen (secondary N) is 1. The third-order valence-electron chi connectivity index (χ3n) is 5.71. The highest BCUT2D eigenvalue weighted by Crippen LogP contribution is 2.39. The van der Waals surface area contributed by atoms with Gasteiger partial charge < -0.3 is 15.1 Å². The molecule has 2 aliphatic heterocycles.